The standard InChI is InChI=1S/C17H23BrN6O3/c1-3-23-16(17(26)22-6-8-27-9-7-22)14(11-20-23)21-15(25)4-5-24-12(2)13(18)10-19-24/h10-11H,3-9H2,1-2H3,(H,21,25). The summed E-state index contributed by atoms with van der Waals surface area (Å²) >= 11 is 3.40. The van der Waals surface area contributed by atoms with Crippen molar-refractivity contribution in [3.05, 3.63) is 28.3 Å². The van der Waals surface area contributed by atoms with E-state index in [4.69, 9.17) is 4.74 Å². The Labute approximate surface area is 165 Å². The van der Waals surface area contributed by atoms with Crippen LogP contribution in [-0.4, -0.2) is 62.6 Å². The summed E-state index contributed by atoms with van der Waals surface area (Å²) in [5, 5.41) is 11.3. The van der Waals surface area contributed by atoms with Crippen LogP contribution in [0.3, 0.4) is 0 Å². The second kappa shape index (κ2) is 8.66. The fraction of sp³-hybridized carbons (Fsp3) is 0.529. The summed E-state index contributed by atoms with van der Waals surface area (Å²) in [6.45, 7) is 6.95. The van der Waals surface area contributed by atoms with Crippen molar-refractivity contribution in [1.29, 1.82) is 0 Å². The summed E-state index contributed by atoms with van der Waals surface area (Å²) in [7, 11) is 0. The lowest BCUT2D eigenvalue weighted by molar-refractivity contribution is -0.116. The van der Waals surface area contributed by atoms with Gasteiger partial charge in [-0.25, -0.2) is 0 Å². The Bertz CT molecular complexity index is 825. The number of carbonyl (C=O) groups excluding carboxylic acids is 2. The number of hydrogen-bond donors (Lipinski definition) is 1. The van der Waals surface area contributed by atoms with Crippen LogP contribution < -0.4 is 5.32 Å². The van der Waals surface area contributed by atoms with E-state index in [9.17, 15) is 9.59 Å². The molecule has 2 aromatic heterocycles. The first-order chi connectivity index (χ1) is 13.0. The number of aryl methyl sites for hydroxylation is 2. The zero-order valence-electron chi connectivity index (χ0n) is 15.4. The number of nitrogens with one attached hydrogen (secondary N) is 1. The number of ether oxygens (including phenoxy) is 1. The number of rotatable bonds is 6. The number of carbonyl (C=O) groups is 2. The van der Waals surface area contributed by atoms with E-state index in [0.717, 1.165) is 10.2 Å². The summed E-state index contributed by atoms with van der Waals surface area (Å²) in [6.07, 6.45) is 3.49. The van der Waals surface area contributed by atoms with Crippen LogP contribution >= 0.6 is 15.9 Å². The third-order valence-electron chi connectivity index (χ3n) is 4.51. The molecule has 1 saturated heterocycles. The van der Waals surface area contributed by atoms with E-state index in [-0.39, 0.29) is 18.2 Å². The molecule has 3 heterocycles. The first-order valence-electron chi connectivity index (χ1n) is 8.91. The van der Waals surface area contributed by atoms with Crippen LogP contribution in [0.25, 0.3) is 0 Å². The number of hydrogen-bond acceptors (Lipinski definition) is 5. The van der Waals surface area contributed by atoms with Gasteiger partial charge in [0, 0.05) is 31.7 Å². The van der Waals surface area contributed by atoms with Crippen molar-refractivity contribution < 1.29 is 14.3 Å². The predicted molar refractivity (Wildman–Crippen MR) is 103 cm³/mol. The van der Waals surface area contributed by atoms with E-state index >= 15 is 0 Å². The number of morpholine rings is 1. The van der Waals surface area contributed by atoms with Crippen LogP contribution in [0.5, 0.6) is 0 Å². The molecule has 1 aliphatic heterocycles. The second-order valence-electron chi connectivity index (χ2n) is 6.23. The quantitative estimate of drug-likeness (QED) is 0.739. The molecule has 10 heteroatoms. The predicted octanol–water partition coefficient (Wildman–Crippen LogP) is 1.67. The van der Waals surface area contributed by atoms with Gasteiger partial charge in [0.25, 0.3) is 5.91 Å². The number of nitrogens with zero attached hydrogens (tertiary/aromatic N) is 5. The Morgan fingerprint density at radius 1 is 1.22 bits per heavy atom. The van der Waals surface area contributed by atoms with Gasteiger partial charge in [-0.3, -0.25) is 19.0 Å². The maximum absolute atomic E-state index is 12.9. The summed E-state index contributed by atoms with van der Waals surface area (Å²) in [6, 6.07) is 0. The molecule has 0 aliphatic carbocycles. The normalized spacial score (nSPS) is 14.4. The number of halogens is 1. The van der Waals surface area contributed by atoms with Gasteiger partial charge in [0.2, 0.25) is 5.91 Å². The largest absolute Gasteiger partial charge is 0.378 e. The fourth-order valence-corrected chi connectivity index (χ4v) is 3.22. The van der Waals surface area contributed by atoms with E-state index in [2.05, 4.69) is 31.4 Å². The second-order valence-corrected chi connectivity index (χ2v) is 7.08. The first-order valence-corrected chi connectivity index (χ1v) is 9.71. The highest BCUT2D eigenvalue weighted by Crippen LogP contribution is 2.19. The van der Waals surface area contributed by atoms with Crippen LogP contribution in [0.15, 0.2) is 16.9 Å². The molecule has 0 spiro atoms. The maximum atomic E-state index is 12.9. The molecule has 2 aromatic rings. The molecule has 9 nitrogen and oxygen atoms in total. The molecule has 1 aliphatic rings. The van der Waals surface area contributed by atoms with E-state index in [1.165, 1.54) is 6.20 Å². The third kappa shape index (κ3) is 4.38. The number of amides is 2. The highest BCUT2D eigenvalue weighted by Gasteiger charge is 2.26. The number of anilines is 1. The Balaban J connectivity index is 1.69. The minimum Gasteiger partial charge on any atom is -0.378 e. The summed E-state index contributed by atoms with van der Waals surface area (Å²) in [5.41, 5.74) is 1.81. The van der Waals surface area contributed by atoms with Crippen LogP contribution in [0.1, 0.15) is 29.5 Å². The van der Waals surface area contributed by atoms with E-state index in [0.29, 0.717) is 50.8 Å². The van der Waals surface area contributed by atoms with Crippen LogP contribution in [0.4, 0.5) is 5.69 Å². The third-order valence-corrected chi connectivity index (χ3v) is 5.29. The highest BCUT2D eigenvalue weighted by molar-refractivity contribution is 9.10. The van der Waals surface area contributed by atoms with Gasteiger partial charge in [0.05, 0.1) is 42.3 Å². The minimum absolute atomic E-state index is 0.139. The number of aromatic nitrogens is 4. The van der Waals surface area contributed by atoms with E-state index in [1.54, 1.807) is 20.5 Å². The molecule has 1 fully saturated rings. The molecule has 27 heavy (non-hydrogen) atoms. The Morgan fingerprint density at radius 2 is 1.93 bits per heavy atom. The molecule has 0 aromatic carbocycles. The maximum Gasteiger partial charge on any atom is 0.274 e. The van der Waals surface area contributed by atoms with Gasteiger partial charge in [-0.15, -0.1) is 0 Å². The smallest absolute Gasteiger partial charge is 0.274 e. The van der Waals surface area contributed by atoms with Crippen molar-refractivity contribution in [3.8, 4) is 0 Å². The van der Waals surface area contributed by atoms with Crippen molar-refractivity contribution in [3.63, 3.8) is 0 Å². The minimum atomic E-state index is -0.187. The summed E-state index contributed by atoms with van der Waals surface area (Å²) in [5.74, 6) is -0.326. The van der Waals surface area contributed by atoms with Gasteiger partial charge < -0.3 is 15.0 Å². The topological polar surface area (TPSA) is 94.3 Å². The first kappa shape index (κ1) is 19.6. The molecular formula is C17H23BrN6O3. The zero-order chi connectivity index (χ0) is 19.4. The molecule has 0 bridgehead atoms. The Morgan fingerprint density at radius 3 is 2.56 bits per heavy atom. The van der Waals surface area contributed by atoms with Crippen LogP contribution in [0, 0.1) is 6.92 Å². The lowest BCUT2D eigenvalue weighted by atomic mass is 10.2. The molecule has 0 atom stereocenters. The molecule has 0 unspecified atom stereocenters. The monoisotopic (exact) mass is 438 g/mol. The average Bonchev–Trinajstić information content (AvgIpc) is 3.23. The van der Waals surface area contributed by atoms with Crippen molar-refractivity contribution >= 4 is 33.4 Å². The van der Waals surface area contributed by atoms with Gasteiger partial charge >= 0.3 is 0 Å². The average molecular weight is 439 g/mol. The van der Waals surface area contributed by atoms with Gasteiger partial charge in [-0.05, 0) is 29.8 Å². The van der Waals surface area contributed by atoms with Crippen LogP contribution in [0.2, 0.25) is 0 Å². The summed E-state index contributed by atoms with van der Waals surface area (Å²) < 4.78 is 9.59. The molecule has 0 radical (unpaired) electrons. The zero-order valence-corrected chi connectivity index (χ0v) is 17.0. The van der Waals surface area contributed by atoms with Gasteiger partial charge in [0.1, 0.15) is 5.69 Å². The van der Waals surface area contributed by atoms with Gasteiger partial charge in [0.15, 0.2) is 0 Å². The fourth-order valence-electron chi connectivity index (χ4n) is 2.93. The van der Waals surface area contributed by atoms with Crippen molar-refractivity contribution in [1.82, 2.24) is 24.5 Å². The van der Waals surface area contributed by atoms with E-state index in [1.807, 2.05) is 13.8 Å². The van der Waals surface area contributed by atoms with Gasteiger partial charge in [-0.2, -0.15) is 10.2 Å². The Hall–Kier alpha value is -2.20. The highest BCUT2D eigenvalue weighted by atomic mass is 79.9. The van der Waals surface area contributed by atoms with Crippen molar-refractivity contribution in [2.24, 2.45) is 0 Å². The molecule has 146 valence electrons. The molecule has 3 rings (SSSR count). The van der Waals surface area contributed by atoms with Crippen molar-refractivity contribution in [2.45, 2.75) is 33.4 Å². The lowest BCUT2D eigenvalue weighted by Crippen LogP contribution is -2.41. The molecule has 2 amide bonds. The molecule has 0 saturated carbocycles. The molecule has 1 N–H and O–H groups in total. The van der Waals surface area contributed by atoms with Crippen molar-refractivity contribution in [2.75, 3.05) is 31.6 Å². The van der Waals surface area contributed by atoms with E-state index < -0.39 is 0 Å². The Kier molecular flexibility index (Phi) is 6.27. The SMILES string of the molecule is CCn1ncc(NC(=O)CCn2ncc(Br)c2C)c1C(=O)N1CCOCC1. The summed E-state index contributed by atoms with van der Waals surface area (Å²) in [4.78, 5) is 27.0. The lowest BCUT2D eigenvalue weighted by Gasteiger charge is -2.27. The molecular weight excluding hydrogens is 416 g/mol. The van der Waals surface area contributed by atoms with Gasteiger partial charge in [-0.1, -0.05) is 0 Å². The van der Waals surface area contributed by atoms with Crippen LogP contribution in [-0.2, 0) is 22.6 Å².